The molecule has 0 saturated carbocycles. The first-order valence-corrected chi connectivity index (χ1v) is 6.95. The molecule has 2 aromatic rings. The summed E-state index contributed by atoms with van der Waals surface area (Å²) in [7, 11) is 1.62. The first-order valence-electron chi connectivity index (χ1n) is 6.95. The van der Waals surface area contributed by atoms with Gasteiger partial charge in [-0.3, -0.25) is 4.98 Å². The normalized spacial score (nSPS) is 10.7. The van der Waals surface area contributed by atoms with Crippen LogP contribution >= 0.6 is 0 Å². The molecule has 21 heavy (non-hydrogen) atoms. The molecular formula is C16H21N3O2. The lowest BCUT2D eigenvalue weighted by Gasteiger charge is -2.11. The van der Waals surface area contributed by atoms with E-state index in [1.807, 2.05) is 25.1 Å². The van der Waals surface area contributed by atoms with E-state index in [-0.39, 0.29) is 0 Å². The summed E-state index contributed by atoms with van der Waals surface area (Å²) in [6.07, 6.45) is 3.33. The molecule has 0 unspecified atom stereocenters. The van der Waals surface area contributed by atoms with E-state index < -0.39 is 0 Å². The molecule has 0 fully saturated rings. The third kappa shape index (κ3) is 4.43. The number of nitrogens with zero attached hydrogens (tertiary/aromatic N) is 2. The fourth-order valence-corrected chi connectivity index (χ4v) is 1.80. The predicted molar refractivity (Wildman–Crippen MR) is 81.8 cm³/mol. The highest BCUT2D eigenvalue weighted by Gasteiger charge is 2.08. The summed E-state index contributed by atoms with van der Waals surface area (Å²) in [5, 5.41) is 3.30. The van der Waals surface area contributed by atoms with Crippen molar-refractivity contribution in [3.05, 3.63) is 41.9 Å². The Morgan fingerprint density at radius 1 is 1.19 bits per heavy atom. The fraction of sp³-hybridized carbons (Fsp3) is 0.375. The molecule has 0 aliphatic carbocycles. The molecule has 0 saturated heterocycles. The lowest BCUT2D eigenvalue weighted by Crippen LogP contribution is -2.22. The molecule has 0 atom stereocenters. The lowest BCUT2D eigenvalue weighted by atomic mass is 10.2. The van der Waals surface area contributed by atoms with Crippen molar-refractivity contribution in [1.82, 2.24) is 15.3 Å². The number of methoxy groups -OCH3 is 1. The second-order valence-corrected chi connectivity index (χ2v) is 5.14. The molecule has 0 aliphatic heterocycles. The van der Waals surface area contributed by atoms with Crippen molar-refractivity contribution in [2.24, 2.45) is 0 Å². The van der Waals surface area contributed by atoms with Gasteiger partial charge < -0.3 is 14.8 Å². The Morgan fingerprint density at radius 3 is 2.71 bits per heavy atom. The van der Waals surface area contributed by atoms with Crippen LogP contribution in [0.2, 0.25) is 0 Å². The molecule has 5 heteroatoms. The number of benzene rings is 1. The quantitative estimate of drug-likeness (QED) is 0.884. The summed E-state index contributed by atoms with van der Waals surface area (Å²) >= 11 is 0. The second kappa shape index (κ2) is 7.04. The van der Waals surface area contributed by atoms with Crippen LogP contribution in [-0.2, 0) is 6.54 Å². The Morgan fingerprint density at radius 2 is 2.00 bits per heavy atom. The average Bonchev–Trinajstić information content (AvgIpc) is 2.47. The van der Waals surface area contributed by atoms with Gasteiger partial charge in [0.2, 0.25) is 5.88 Å². The number of nitrogens with one attached hydrogen (secondary N) is 1. The van der Waals surface area contributed by atoms with Gasteiger partial charge in [0.15, 0.2) is 11.5 Å². The largest absolute Gasteiger partial charge is 0.493 e. The standard InChI is InChI=1S/C16H21N3O2/c1-11(2)18-9-13-8-17-10-16(19-13)21-14-6-5-12(3)7-15(14)20-4/h5-8,10-11,18H,9H2,1-4H3. The van der Waals surface area contributed by atoms with Crippen LogP contribution in [0.5, 0.6) is 17.4 Å². The highest BCUT2D eigenvalue weighted by molar-refractivity contribution is 5.44. The Labute approximate surface area is 125 Å². The summed E-state index contributed by atoms with van der Waals surface area (Å²) < 4.78 is 11.1. The lowest BCUT2D eigenvalue weighted by molar-refractivity contribution is 0.372. The van der Waals surface area contributed by atoms with Gasteiger partial charge >= 0.3 is 0 Å². The monoisotopic (exact) mass is 287 g/mol. The molecular weight excluding hydrogens is 266 g/mol. The zero-order valence-corrected chi connectivity index (χ0v) is 12.9. The van der Waals surface area contributed by atoms with Crippen molar-refractivity contribution in [2.75, 3.05) is 7.11 Å². The number of aromatic nitrogens is 2. The highest BCUT2D eigenvalue weighted by Crippen LogP contribution is 2.31. The smallest absolute Gasteiger partial charge is 0.238 e. The Kier molecular flexibility index (Phi) is 5.11. The molecule has 1 N–H and O–H groups in total. The van der Waals surface area contributed by atoms with Crippen LogP contribution in [0, 0.1) is 6.92 Å². The maximum atomic E-state index is 5.78. The topological polar surface area (TPSA) is 56.3 Å². The minimum absolute atomic E-state index is 0.397. The van der Waals surface area contributed by atoms with Crippen LogP contribution in [0.4, 0.5) is 0 Å². The van der Waals surface area contributed by atoms with Gasteiger partial charge in [-0.05, 0) is 24.6 Å². The third-order valence-electron chi connectivity index (χ3n) is 2.89. The molecule has 2 rings (SSSR count). The number of rotatable bonds is 6. The van der Waals surface area contributed by atoms with Crippen LogP contribution < -0.4 is 14.8 Å². The number of hydrogen-bond acceptors (Lipinski definition) is 5. The molecule has 1 heterocycles. The van der Waals surface area contributed by atoms with Crippen molar-refractivity contribution >= 4 is 0 Å². The summed E-state index contributed by atoms with van der Waals surface area (Å²) in [6.45, 7) is 6.84. The summed E-state index contributed by atoms with van der Waals surface area (Å²) in [5.74, 6) is 1.77. The van der Waals surface area contributed by atoms with Gasteiger partial charge in [-0.1, -0.05) is 19.9 Å². The van der Waals surface area contributed by atoms with Gasteiger partial charge in [-0.2, -0.15) is 0 Å². The van der Waals surface area contributed by atoms with Gasteiger partial charge in [0.05, 0.1) is 19.0 Å². The second-order valence-electron chi connectivity index (χ2n) is 5.14. The maximum absolute atomic E-state index is 5.78. The van der Waals surface area contributed by atoms with Gasteiger partial charge in [-0.25, -0.2) is 4.98 Å². The number of aryl methyl sites for hydroxylation is 1. The number of hydrogen-bond donors (Lipinski definition) is 1. The van der Waals surface area contributed by atoms with Crippen molar-refractivity contribution in [2.45, 2.75) is 33.4 Å². The van der Waals surface area contributed by atoms with Crippen LogP contribution in [0.3, 0.4) is 0 Å². The van der Waals surface area contributed by atoms with Crippen molar-refractivity contribution in [3.8, 4) is 17.4 Å². The van der Waals surface area contributed by atoms with Gasteiger partial charge in [0.1, 0.15) is 0 Å². The van der Waals surface area contributed by atoms with Gasteiger partial charge in [-0.15, -0.1) is 0 Å². The van der Waals surface area contributed by atoms with Gasteiger partial charge in [0.25, 0.3) is 0 Å². The Hall–Kier alpha value is -2.14. The first kappa shape index (κ1) is 15.3. The third-order valence-corrected chi connectivity index (χ3v) is 2.89. The molecule has 0 bridgehead atoms. The Bertz CT molecular complexity index is 600. The van der Waals surface area contributed by atoms with Crippen molar-refractivity contribution in [1.29, 1.82) is 0 Å². The molecule has 0 amide bonds. The SMILES string of the molecule is COc1cc(C)ccc1Oc1cncc(CNC(C)C)n1. The van der Waals surface area contributed by atoms with E-state index in [4.69, 9.17) is 9.47 Å². The summed E-state index contributed by atoms with van der Waals surface area (Å²) in [5.41, 5.74) is 1.95. The van der Waals surface area contributed by atoms with E-state index >= 15 is 0 Å². The van der Waals surface area contributed by atoms with E-state index in [1.54, 1.807) is 19.5 Å². The molecule has 5 nitrogen and oxygen atoms in total. The Balaban J connectivity index is 2.14. The van der Waals surface area contributed by atoms with Crippen LogP contribution in [0.1, 0.15) is 25.1 Å². The number of ether oxygens (including phenoxy) is 2. The zero-order valence-electron chi connectivity index (χ0n) is 12.9. The minimum atomic E-state index is 0.397. The van der Waals surface area contributed by atoms with E-state index in [2.05, 4.69) is 29.1 Å². The molecule has 1 aromatic carbocycles. The molecule has 0 spiro atoms. The highest BCUT2D eigenvalue weighted by atomic mass is 16.5. The van der Waals surface area contributed by atoms with E-state index in [0.717, 1.165) is 11.3 Å². The molecule has 0 radical (unpaired) electrons. The first-order chi connectivity index (χ1) is 10.1. The van der Waals surface area contributed by atoms with Gasteiger partial charge in [0, 0.05) is 18.8 Å². The summed E-state index contributed by atoms with van der Waals surface area (Å²) in [4.78, 5) is 8.60. The van der Waals surface area contributed by atoms with E-state index in [0.29, 0.717) is 30.0 Å². The molecule has 112 valence electrons. The minimum Gasteiger partial charge on any atom is -0.493 e. The van der Waals surface area contributed by atoms with Crippen molar-refractivity contribution in [3.63, 3.8) is 0 Å². The zero-order chi connectivity index (χ0) is 15.2. The van der Waals surface area contributed by atoms with E-state index in [9.17, 15) is 0 Å². The van der Waals surface area contributed by atoms with Crippen LogP contribution in [0.15, 0.2) is 30.6 Å². The molecule has 1 aromatic heterocycles. The average molecular weight is 287 g/mol. The van der Waals surface area contributed by atoms with Crippen LogP contribution in [0.25, 0.3) is 0 Å². The fourth-order valence-electron chi connectivity index (χ4n) is 1.80. The predicted octanol–water partition coefficient (Wildman–Crippen LogP) is 3.08. The molecule has 0 aliphatic rings. The van der Waals surface area contributed by atoms with Crippen molar-refractivity contribution < 1.29 is 9.47 Å². The maximum Gasteiger partial charge on any atom is 0.238 e. The van der Waals surface area contributed by atoms with Crippen LogP contribution in [-0.4, -0.2) is 23.1 Å². The summed E-state index contributed by atoms with van der Waals surface area (Å²) in [6, 6.07) is 6.16. The van der Waals surface area contributed by atoms with E-state index in [1.165, 1.54) is 0 Å².